The van der Waals surface area contributed by atoms with Gasteiger partial charge in [0, 0.05) is 24.7 Å². The molecule has 0 aromatic heterocycles. The maximum atomic E-state index is 15.4. The molecule has 1 radical (unpaired) electrons. The minimum atomic E-state index is -1.42. The Morgan fingerprint density at radius 2 is 0.632 bits per heavy atom. The molecule has 1 saturated carbocycles. The summed E-state index contributed by atoms with van der Waals surface area (Å²) in [6.45, 7) is 3.44. The number of hydroxylamine groups is 4. The molecule has 0 aliphatic heterocycles. The van der Waals surface area contributed by atoms with E-state index in [1.54, 1.807) is 13.8 Å². The maximum absolute atomic E-state index is 15.4. The average molecular weight is 798 g/mol. The molecule has 291 valence electrons. The van der Waals surface area contributed by atoms with Crippen molar-refractivity contribution >= 4 is 11.8 Å². The van der Waals surface area contributed by atoms with Crippen LogP contribution in [-0.4, -0.2) is 55.6 Å². The van der Waals surface area contributed by atoms with Crippen molar-refractivity contribution in [2.75, 3.05) is 0 Å². The summed E-state index contributed by atoms with van der Waals surface area (Å²) in [6.07, 6.45) is 2.04. The number of aliphatic hydroxyl groups excluding tert-OH is 1. The molecule has 0 spiro atoms. The van der Waals surface area contributed by atoms with Crippen LogP contribution in [0.1, 0.15) is 72.9 Å². The van der Waals surface area contributed by atoms with E-state index in [4.69, 9.17) is 5.11 Å². The van der Waals surface area contributed by atoms with E-state index in [1.165, 1.54) is 0 Å². The number of carbonyl (C=O) groups excluding carboxylic acids is 2. The van der Waals surface area contributed by atoms with Gasteiger partial charge in [0.05, 0.1) is 12.1 Å². The Morgan fingerprint density at radius 3 is 0.807 bits per heavy atom. The van der Waals surface area contributed by atoms with E-state index < -0.39 is 34.7 Å². The van der Waals surface area contributed by atoms with Crippen molar-refractivity contribution in [1.82, 2.24) is 10.1 Å². The third-order valence-electron chi connectivity index (χ3n) is 10.6. The van der Waals surface area contributed by atoms with Crippen LogP contribution in [0.4, 0.5) is 0 Å². The summed E-state index contributed by atoms with van der Waals surface area (Å²) in [6, 6.07) is 55.1. The number of hydrogen-bond donors (Lipinski definition) is 3. The summed E-state index contributed by atoms with van der Waals surface area (Å²) in [5, 5.41) is 34.4. The topological polar surface area (TPSA) is 101 Å². The van der Waals surface area contributed by atoms with Gasteiger partial charge in [-0.2, -0.15) is 0 Å². The van der Waals surface area contributed by atoms with E-state index in [2.05, 4.69) is 0 Å². The Bertz CT molecular complexity index is 1770. The van der Waals surface area contributed by atoms with Gasteiger partial charge in [-0.3, -0.25) is 20.0 Å². The van der Waals surface area contributed by atoms with Gasteiger partial charge in [0.15, 0.2) is 0 Å². The molecule has 3 N–H and O–H groups in total. The molecule has 1 fully saturated rings. The number of benzene rings is 6. The molecule has 57 heavy (non-hydrogen) atoms. The summed E-state index contributed by atoms with van der Waals surface area (Å²) in [7, 11) is 0. The van der Waals surface area contributed by atoms with Gasteiger partial charge >= 0.3 is 0 Å². The van der Waals surface area contributed by atoms with Crippen molar-refractivity contribution in [1.29, 1.82) is 0 Å². The Labute approximate surface area is 348 Å². The zero-order valence-electron chi connectivity index (χ0n) is 32.4. The molecular formula is C49H50N2O5V. The first kappa shape index (κ1) is 42.9. The van der Waals surface area contributed by atoms with Gasteiger partial charge in [-0.25, -0.2) is 10.1 Å². The molecular weight excluding hydrogens is 747 g/mol. The molecule has 6 aromatic rings. The first-order valence-electron chi connectivity index (χ1n) is 19.3. The van der Waals surface area contributed by atoms with Crippen molar-refractivity contribution in [2.45, 2.75) is 68.5 Å². The SMILES string of the molecule is CC(C)O.O=C(N(O)[C@@H]1CCCC[C@H]1N(O)C(=O)C(c1ccccc1)(c1ccccc1)c1ccccc1)C(c1ccccc1)(c1ccccc1)c1ccccc1.[V]. The van der Waals surface area contributed by atoms with Gasteiger partial charge in [0.2, 0.25) is 0 Å². The second kappa shape index (κ2) is 19.7. The molecule has 0 heterocycles. The molecule has 2 atom stereocenters. The minimum Gasteiger partial charge on any atom is -0.394 e. The third-order valence-corrected chi connectivity index (χ3v) is 10.6. The summed E-state index contributed by atoms with van der Waals surface area (Å²) in [4.78, 5) is 30.7. The molecule has 2 amide bonds. The van der Waals surface area contributed by atoms with Crippen LogP contribution in [0, 0.1) is 0 Å². The van der Waals surface area contributed by atoms with E-state index in [9.17, 15) is 10.4 Å². The Hall–Kier alpha value is -5.28. The molecule has 8 heteroatoms. The Morgan fingerprint density at radius 1 is 0.456 bits per heavy atom. The van der Waals surface area contributed by atoms with Gasteiger partial charge in [-0.05, 0) is 60.1 Å². The summed E-state index contributed by atoms with van der Waals surface area (Å²) < 4.78 is 0. The fourth-order valence-electron chi connectivity index (χ4n) is 8.18. The molecule has 7 rings (SSSR count). The van der Waals surface area contributed by atoms with Crippen LogP contribution in [0.25, 0.3) is 0 Å². The zero-order chi connectivity index (χ0) is 39.5. The number of hydrogen-bond acceptors (Lipinski definition) is 5. The van der Waals surface area contributed by atoms with E-state index >= 15 is 9.59 Å². The molecule has 0 bridgehead atoms. The fourth-order valence-corrected chi connectivity index (χ4v) is 8.18. The predicted molar refractivity (Wildman–Crippen MR) is 219 cm³/mol. The first-order valence-corrected chi connectivity index (χ1v) is 19.3. The number of rotatable bonds is 10. The monoisotopic (exact) mass is 797 g/mol. The largest absolute Gasteiger partial charge is 0.394 e. The van der Waals surface area contributed by atoms with Crippen LogP contribution in [0.2, 0.25) is 0 Å². The van der Waals surface area contributed by atoms with Crippen LogP contribution in [0.15, 0.2) is 182 Å². The average Bonchev–Trinajstić information content (AvgIpc) is 3.26. The van der Waals surface area contributed by atoms with Crippen molar-refractivity contribution in [3.63, 3.8) is 0 Å². The van der Waals surface area contributed by atoms with Gasteiger partial charge in [-0.1, -0.05) is 195 Å². The van der Waals surface area contributed by atoms with Crippen LogP contribution in [0.5, 0.6) is 0 Å². The Kier molecular flexibility index (Phi) is 14.8. The third kappa shape index (κ3) is 8.69. The van der Waals surface area contributed by atoms with Gasteiger partial charge in [-0.15, -0.1) is 0 Å². The van der Waals surface area contributed by atoms with Crippen molar-refractivity contribution < 1.29 is 43.7 Å². The summed E-state index contributed by atoms with van der Waals surface area (Å²) in [5.74, 6) is -1.12. The molecule has 0 saturated heterocycles. The standard InChI is InChI=1S/C46H42N2O4.C3H8O.V/c49-43(45(35-21-7-1-8-22-35,36-23-9-2-10-24-36)37-25-11-3-12-26-37)47(51)41-33-19-20-34-42(41)48(52)44(50)46(38-27-13-4-14-28-38,39-29-15-5-16-30-39)40-31-17-6-18-32-40;1-3(2)4;/h1-18,21-32,41-42,51-52H,19-20,33-34H2;3-4H,1-2H3;/t41-,42-;;/m1../s1. The fraction of sp³-hybridized carbons (Fsp3) is 0.224. The van der Waals surface area contributed by atoms with E-state index in [-0.39, 0.29) is 24.7 Å². The smallest absolute Gasteiger partial charge is 0.265 e. The number of carbonyl (C=O) groups is 2. The minimum absolute atomic E-state index is 0. The summed E-state index contributed by atoms with van der Waals surface area (Å²) >= 11 is 0. The van der Waals surface area contributed by atoms with Crippen molar-refractivity contribution in [3.8, 4) is 0 Å². The Balaban J connectivity index is 0.00000119. The molecule has 0 unspecified atom stereocenters. The molecule has 1 aliphatic rings. The van der Waals surface area contributed by atoms with Gasteiger partial charge in [0.1, 0.15) is 10.8 Å². The number of nitrogens with zero attached hydrogens (tertiary/aromatic N) is 2. The van der Waals surface area contributed by atoms with Crippen LogP contribution in [-0.2, 0) is 39.0 Å². The molecule has 1 aliphatic carbocycles. The van der Waals surface area contributed by atoms with E-state index in [0.717, 1.165) is 10.1 Å². The van der Waals surface area contributed by atoms with Crippen molar-refractivity contribution in [2.24, 2.45) is 0 Å². The van der Waals surface area contributed by atoms with E-state index in [0.29, 0.717) is 59.1 Å². The van der Waals surface area contributed by atoms with Crippen LogP contribution in [0.3, 0.4) is 0 Å². The zero-order valence-corrected chi connectivity index (χ0v) is 33.8. The van der Waals surface area contributed by atoms with Crippen LogP contribution < -0.4 is 0 Å². The number of amides is 2. The van der Waals surface area contributed by atoms with Crippen molar-refractivity contribution in [3.05, 3.63) is 215 Å². The second-order valence-corrected chi connectivity index (χ2v) is 14.5. The predicted octanol–water partition coefficient (Wildman–Crippen LogP) is 9.19. The normalized spacial score (nSPS) is 15.3. The maximum Gasteiger partial charge on any atom is 0.265 e. The van der Waals surface area contributed by atoms with Gasteiger partial charge < -0.3 is 5.11 Å². The summed E-state index contributed by atoms with van der Waals surface area (Å²) in [5.41, 5.74) is 1.30. The quantitative estimate of drug-likeness (QED) is 0.0730. The van der Waals surface area contributed by atoms with Gasteiger partial charge in [0.25, 0.3) is 11.8 Å². The van der Waals surface area contributed by atoms with Crippen LogP contribution >= 0.6 is 0 Å². The second-order valence-electron chi connectivity index (χ2n) is 14.5. The number of aliphatic hydroxyl groups is 1. The molecule has 7 nitrogen and oxygen atoms in total. The first-order chi connectivity index (χ1) is 27.2. The molecule has 6 aromatic carbocycles. The van der Waals surface area contributed by atoms with E-state index in [1.807, 2.05) is 182 Å².